The van der Waals surface area contributed by atoms with Crippen LogP contribution in [0.2, 0.25) is 0 Å². The van der Waals surface area contributed by atoms with Crippen molar-refractivity contribution in [1.82, 2.24) is 4.90 Å². The maximum absolute atomic E-state index is 12.9. The number of likely N-dealkylation sites (tertiary alicyclic amines) is 1. The maximum atomic E-state index is 12.9. The summed E-state index contributed by atoms with van der Waals surface area (Å²) in [6.07, 6.45) is 14.1. The summed E-state index contributed by atoms with van der Waals surface area (Å²) < 4.78 is 11.3. The fraction of sp³-hybridized carbons (Fsp3) is 0.920. The summed E-state index contributed by atoms with van der Waals surface area (Å²) >= 11 is 0. The van der Waals surface area contributed by atoms with Gasteiger partial charge in [-0.25, -0.2) is 4.79 Å². The molecule has 0 aromatic heterocycles. The molecule has 0 N–H and O–H groups in total. The molecule has 5 saturated carbocycles. The number of nitrogens with zero attached hydrogens (tertiary/aromatic N) is 1. The molecule has 0 unspecified atom stereocenters. The van der Waals surface area contributed by atoms with E-state index in [1.807, 2.05) is 11.8 Å². The minimum absolute atomic E-state index is 0.0409. The minimum atomic E-state index is -0.0432. The van der Waals surface area contributed by atoms with Gasteiger partial charge in [0.05, 0.1) is 6.61 Å². The van der Waals surface area contributed by atoms with Gasteiger partial charge in [0, 0.05) is 19.5 Å². The van der Waals surface area contributed by atoms with Gasteiger partial charge in [0.15, 0.2) is 0 Å². The lowest BCUT2D eigenvalue weighted by Gasteiger charge is -2.53. The Morgan fingerprint density at radius 2 is 1.50 bits per heavy atom. The summed E-state index contributed by atoms with van der Waals surface area (Å²) in [5.41, 5.74) is 0.380. The van der Waals surface area contributed by atoms with Gasteiger partial charge in [-0.3, -0.25) is 4.79 Å². The zero-order chi connectivity index (χ0) is 20.7. The average molecular weight is 418 g/mol. The summed E-state index contributed by atoms with van der Waals surface area (Å²) in [6.45, 7) is 4.03. The third kappa shape index (κ3) is 4.10. The molecule has 0 radical (unpaired) electrons. The molecule has 168 valence electrons. The van der Waals surface area contributed by atoms with Crippen molar-refractivity contribution in [2.75, 3.05) is 19.7 Å². The fourth-order valence-electron chi connectivity index (χ4n) is 7.87. The second-order valence-corrected chi connectivity index (χ2v) is 11.2. The lowest BCUT2D eigenvalue weighted by atomic mass is 9.55. The molecule has 1 saturated heterocycles. The third-order valence-corrected chi connectivity index (χ3v) is 9.39. The quantitative estimate of drug-likeness (QED) is 0.592. The van der Waals surface area contributed by atoms with Gasteiger partial charge < -0.3 is 14.4 Å². The molecule has 4 bridgehead atoms. The van der Waals surface area contributed by atoms with E-state index in [2.05, 4.69) is 0 Å². The van der Waals surface area contributed by atoms with Gasteiger partial charge in [0.1, 0.15) is 6.10 Å². The molecule has 0 aromatic rings. The molecule has 1 spiro atoms. The first-order valence-corrected chi connectivity index (χ1v) is 12.6. The van der Waals surface area contributed by atoms with Crippen molar-refractivity contribution in [3.8, 4) is 0 Å². The predicted octanol–water partition coefficient (Wildman–Crippen LogP) is 5.17. The Morgan fingerprint density at radius 1 is 0.900 bits per heavy atom. The van der Waals surface area contributed by atoms with Gasteiger partial charge in [0.2, 0.25) is 0 Å². The van der Waals surface area contributed by atoms with Crippen molar-refractivity contribution in [2.45, 2.75) is 90.1 Å². The molecule has 5 heteroatoms. The molecule has 1 heterocycles. The molecule has 6 rings (SSSR count). The summed E-state index contributed by atoms with van der Waals surface area (Å²) in [6, 6.07) is 0. The van der Waals surface area contributed by atoms with Crippen molar-refractivity contribution < 1.29 is 19.1 Å². The van der Waals surface area contributed by atoms with Gasteiger partial charge in [-0.15, -0.1) is 0 Å². The Labute approximate surface area is 181 Å². The third-order valence-electron chi connectivity index (χ3n) is 9.39. The number of carbonyl (C=O) groups excluding carboxylic acids is 2. The highest BCUT2D eigenvalue weighted by molar-refractivity contribution is 5.69. The van der Waals surface area contributed by atoms with Gasteiger partial charge in [-0.05, 0) is 113 Å². The fourth-order valence-corrected chi connectivity index (χ4v) is 7.87. The van der Waals surface area contributed by atoms with Crippen LogP contribution in [0.3, 0.4) is 0 Å². The van der Waals surface area contributed by atoms with Crippen LogP contribution in [0.1, 0.15) is 84.0 Å². The van der Waals surface area contributed by atoms with Crippen LogP contribution in [0.15, 0.2) is 0 Å². The van der Waals surface area contributed by atoms with Crippen LogP contribution in [-0.4, -0.2) is 42.8 Å². The normalized spacial score (nSPS) is 37.4. The highest BCUT2D eigenvalue weighted by Gasteiger charge is 2.50. The van der Waals surface area contributed by atoms with Crippen LogP contribution in [0.25, 0.3) is 0 Å². The van der Waals surface area contributed by atoms with Crippen molar-refractivity contribution in [3.63, 3.8) is 0 Å². The van der Waals surface area contributed by atoms with E-state index in [4.69, 9.17) is 9.47 Å². The van der Waals surface area contributed by atoms with Crippen molar-refractivity contribution in [1.29, 1.82) is 0 Å². The largest absolute Gasteiger partial charge is 0.466 e. The van der Waals surface area contributed by atoms with E-state index in [1.54, 1.807) is 0 Å². The molecule has 1 amide bonds. The highest BCUT2D eigenvalue weighted by atomic mass is 16.6. The molecule has 6 aliphatic rings. The monoisotopic (exact) mass is 417 g/mol. The van der Waals surface area contributed by atoms with Crippen LogP contribution >= 0.6 is 0 Å². The Bertz CT molecular complexity index is 616. The van der Waals surface area contributed by atoms with Crippen LogP contribution in [0.5, 0.6) is 0 Å². The van der Waals surface area contributed by atoms with E-state index in [-0.39, 0.29) is 18.2 Å². The zero-order valence-corrected chi connectivity index (χ0v) is 18.7. The lowest BCUT2D eigenvalue weighted by molar-refractivity contribution is -0.144. The zero-order valence-electron chi connectivity index (χ0n) is 18.7. The van der Waals surface area contributed by atoms with E-state index in [1.165, 1.54) is 44.9 Å². The Hall–Kier alpha value is -1.26. The number of hydrogen-bond donors (Lipinski definition) is 0. The number of piperidine rings is 1. The molecule has 5 aliphatic carbocycles. The topological polar surface area (TPSA) is 55.8 Å². The molecular formula is C25H39NO4. The summed E-state index contributed by atoms with van der Waals surface area (Å²) in [4.78, 5) is 26.7. The molecule has 5 nitrogen and oxygen atoms in total. The Balaban J connectivity index is 1.08. The number of rotatable bonds is 4. The smallest absolute Gasteiger partial charge is 0.410 e. The SMILES string of the molecule is CCOC(=O)CC1CCC2(CC1)CCN(C(=O)OC1C3CC4CC(C3)CC1C4)CC2. The summed E-state index contributed by atoms with van der Waals surface area (Å²) in [5, 5.41) is 0. The van der Waals surface area contributed by atoms with Crippen LogP contribution in [0.4, 0.5) is 4.79 Å². The van der Waals surface area contributed by atoms with Crippen LogP contribution < -0.4 is 0 Å². The summed E-state index contributed by atoms with van der Waals surface area (Å²) in [7, 11) is 0. The number of hydrogen-bond acceptors (Lipinski definition) is 4. The van der Waals surface area contributed by atoms with E-state index in [0.29, 0.717) is 36.2 Å². The Kier molecular flexibility index (Phi) is 5.74. The Morgan fingerprint density at radius 3 is 2.07 bits per heavy atom. The first-order chi connectivity index (χ1) is 14.5. The van der Waals surface area contributed by atoms with E-state index < -0.39 is 0 Å². The first kappa shape index (κ1) is 20.6. The number of esters is 1. The van der Waals surface area contributed by atoms with Gasteiger partial charge >= 0.3 is 12.1 Å². The molecule has 0 atom stereocenters. The predicted molar refractivity (Wildman–Crippen MR) is 114 cm³/mol. The number of carbonyl (C=O) groups is 2. The molecule has 1 aliphatic heterocycles. The highest BCUT2D eigenvalue weighted by Crippen LogP contribution is 2.55. The van der Waals surface area contributed by atoms with Crippen molar-refractivity contribution in [3.05, 3.63) is 0 Å². The minimum Gasteiger partial charge on any atom is -0.466 e. The number of amides is 1. The molecule has 6 fully saturated rings. The average Bonchev–Trinajstić information content (AvgIpc) is 2.73. The van der Waals surface area contributed by atoms with Crippen LogP contribution in [-0.2, 0) is 14.3 Å². The lowest BCUT2D eigenvalue weighted by Crippen LogP contribution is -2.52. The standard InChI is InChI=1S/C25H39NO4/c1-2-29-22(27)16-17-3-5-25(6-4-17)7-9-26(10-8-25)24(28)30-23-20-12-18-11-19(14-20)15-21(23)13-18/h17-21,23H,2-16H2,1H3. The van der Waals surface area contributed by atoms with Gasteiger partial charge in [-0.1, -0.05) is 0 Å². The maximum Gasteiger partial charge on any atom is 0.410 e. The number of ether oxygens (including phenoxy) is 2. The molecule has 0 aromatic carbocycles. The second-order valence-electron chi connectivity index (χ2n) is 11.2. The molecule has 30 heavy (non-hydrogen) atoms. The molecular weight excluding hydrogens is 378 g/mol. The van der Waals surface area contributed by atoms with E-state index >= 15 is 0 Å². The van der Waals surface area contributed by atoms with Crippen LogP contribution in [0, 0.1) is 35.0 Å². The second kappa shape index (κ2) is 8.35. The van der Waals surface area contributed by atoms with E-state index in [0.717, 1.165) is 50.6 Å². The summed E-state index contributed by atoms with van der Waals surface area (Å²) in [5.74, 6) is 3.54. The van der Waals surface area contributed by atoms with Gasteiger partial charge in [-0.2, -0.15) is 0 Å². The van der Waals surface area contributed by atoms with Crippen molar-refractivity contribution >= 4 is 12.1 Å². The van der Waals surface area contributed by atoms with Gasteiger partial charge in [0.25, 0.3) is 0 Å². The first-order valence-electron chi connectivity index (χ1n) is 12.6. The van der Waals surface area contributed by atoms with E-state index in [9.17, 15) is 9.59 Å². The van der Waals surface area contributed by atoms with Crippen molar-refractivity contribution in [2.24, 2.45) is 35.0 Å².